The highest BCUT2D eigenvalue weighted by Gasteiger charge is 2.26. The van der Waals surface area contributed by atoms with Gasteiger partial charge in [0.1, 0.15) is 5.38 Å². The number of benzene rings is 1. The summed E-state index contributed by atoms with van der Waals surface area (Å²) in [5, 5.41) is -0.549. The highest BCUT2D eigenvalue weighted by atomic mass is 35.5. The van der Waals surface area contributed by atoms with Gasteiger partial charge < -0.3 is 14.5 Å². The van der Waals surface area contributed by atoms with Crippen LogP contribution in [0, 0.1) is 0 Å². The number of halogens is 1. The van der Waals surface area contributed by atoms with Gasteiger partial charge in [0, 0.05) is 26.2 Å². The maximum absolute atomic E-state index is 12.5. The molecule has 3 rings (SSSR count). The zero-order chi connectivity index (χ0) is 19.4. The van der Waals surface area contributed by atoms with E-state index in [0.717, 1.165) is 6.42 Å². The molecule has 0 N–H and O–H groups in total. The van der Waals surface area contributed by atoms with Gasteiger partial charge in [-0.3, -0.25) is 4.79 Å². The Morgan fingerprint density at radius 3 is 2.52 bits per heavy atom. The molecule has 1 aliphatic heterocycles. The Bertz CT molecular complexity index is 843. The smallest absolute Gasteiger partial charge is 0.360 e. The number of hydrogen-bond acceptors (Lipinski definition) is 6. The van der Waals surface area contributed by atoms with Crippen LogP contribution in [0.5, 0.6) is 0 Å². The number of fused-ring (bicyclic) bond motifs is 1. The van der Waals surface area contributed by atoms with Crippen molar-refractivity contribution in [3.8, 4) is 0 Å². The Kier molecular flexibility index (Phi) is 6.11. The monoisotopic (exact) mass is 390 g/mol. The zero-order valence-electron chi connectivity index (χ0n) is 15.5. The third kappa shape index (κ3) is 4.30. The van der Waals surface area contributed by atoms with Crippen LogP contribution in [0.3, 0.4) is 0 Å². The van der Waals surface area contributed by atoms with E-state index in [0.29, 0.717) is 43.0 Å². The molecular weight excluding hydrogens is 368 g/mol. The van der Waals surface area contributed by atoms with E-state index >= 15 is 0 Å². The first kappa shape index (κ1) is 19.4. The van der Waals surface area contributed by atoms with Crippen molar-refractivity contribution in [2.45, 2.75) is 25.6 Å². The fourth-order valence-electron chi connectivity index (χ4n) is 3.15. The molecule has 0 unspecified atom stereocenters. The van der Waals surface area contributed by atoms with Crippen LogP contribution in [-0.4, -0.2) is 64.9 Å². The molecule has 144 valence electrons. The van der Waals surface area contributed by atoms with Gasteiger partial charge in [-0.05, 0) is 32.4 Å². The number of para-hydroxylation sites is 2. The maximum Gasteiger partial charge on any atom is 0.360 e. The lowest BCUT2D eigenvalue weighted by Gasteiger charge is -2.24. The fraction of sp³-hybridized carbons (Fsp3) is 0.474. The third-order valence-corrected chi connectivity index (χ3v) is 4.65. The summed E-state index contributed by atoms with van der Waals surface area (Å²) in [5.74, 6) is -0.0635. The van der Waals surface area contributed by atoms with Crippen LogP contribution < -0.4 is 4.90 Å². The Morgan fingerprint density at radius 2 is 1.85 bits per heavy atom. The molecule has 2 heterocycles. The van der Waals surface area contributed by atoms with Gasteiger partial charge in [0.25, 0.3) is 0 Å². The van der Waals surface area contributed by atoms with Crippen LogP contribution in [0.25, 0.3) is 11.0 Å². The number of anilines is 1. The Hall–Kier alpha value is -2.41. The molecule has 27 heavy (non-hydrogen) atoms. The molecule has 1 aromatic carbocycles. The van der Waals surface area contributed by atoms with Crippen LogP contribution in [0.2, 0.25) is 0 Å². The lowest BCUT2D eigenvalue weighted by molar-refractivity contribution is -0.130. The van der Waals surface area contributed by atoms with E-state index in [1.807, 2.05) is 29.2 Å². The summed E-state index contributed by atoms with van der Waals surface area (Å²) in [6.45, 7) is 6.07. The van der Waals surface area contributed by atoms with Crippen LogP contribution >= 0.6 is 11.6 Å². The number of carbonyl (C=O) groups excluding carboxylic acids is 2. The number of amides is 1. The lowest BCUT2D eigenvalue weighted by atomic mass is 10.2. The van der Waals surface area contributed by atoms with Crippen molar-refractivity contribution in [3.63, 3.8) is 0 Å². The fourth-order valence-corrected chi connectivity index (χ4v) is 3.29. The molecule has 0 spiro atoms. The second kappa shape index (κ2) is 8.52. The predicted octanol–water partition coefficient (Wildman–Crippen LogP) is 2.47. The highest BCUT2D eigenvalue weighted by molar-refractivity contribution is 6.30. The number of hydrogen-bond donors (Lipinski definition) is 0. The minimum absolute atomic E-state index is 0.0753. The van der Waals surface area contributed by atoms with Crippen LogP contribution in [0.4, 0.5) is 5.82 Å². The maximum atomic E-state index is 12.5. The summed E-state index contributed by atoms with van der Waals surface area (Å²) in [6, 6.07) is 7.42. The van der Waals surface area contributed by atoms with Gasteiger partial charge in [-0.2, -0.15) is 0 Å². The van der Waals surface area contributed by atoms with Crippen LogP contribution in [-0.2, 0) is 9.53 Å². The molecule has 1 aromatic heterocycles. The first-order valence-electron chi connectivity index (χ1n) is 9.13. The molecule has 1 aliphatic rings. The van der Waals surface area contributed by atoms with Gasteiger partial charge in [-0.25, -0.2) is 14.8 Å². The molecule has 1 saturated heterocycles. The largest absolute Gasteiger partial charge is 0.461 e. The Labute approximate surface area is 163 Å². The van der Waals surface area contributed by atoms with Crippen LogP contribution in [0.1, 0.15) is 30.8 Å². The molecule has 1 amide bonds. The van der Waals surface area contributed by atoms with Gasteiger partial charge in [-0.15, -0.1) is 11.6 Å². The normalized spacial score (nSPS) is 16.1. The van der Waals surface area contributed by atoms with E-state index in [2.05, 4.69) is 9.97 Å². The average molecular weight is 391 g/mol. The number of rotatable bonds is 4. The summed E-state index contributed by atoms with van der Waals surface area (Å²) in [5.41, 5.74) is 1.57. The van der Waals surface area contributed by atoms with E-state index in [1.165, 1.54) is 0 Å². The number of nitrogens with zero attached hydrogens (tertiary/aromatic N) is 4. The van der Waals surface area contributed by atoms with Gasteiger partial charge in [0.15, 0.2) is 11.5 Å². The molecule has 1 atom stereocenters. The standard InChI is InChI=1S/C19H23ClN4O3/c1-3-27-19(26)16-17(22-15-8-5-4-7-14(15)21-16)23-9-6-10-24(12-11-23)18(25)13(2)20/h4-5,7-8,13H,3,6,9-12H2,1-2H3/t13-/m0/s1. The first-order chi connectivity index (χ1) is 13.0. The number of carbonyl (C=O) groups is 2. The van der Waals surface area contributed by atoms with E-state index in [-0.39, 0.29) is 18.2 Å². The molecule has 0 bridgehead atoms. The van der Waals surface area contributed by atoms with Gasteiger partial charge in [0.05, 0.1) is 17.6 Å². The van der Waals surface area contributed by atoms with Crippen molar-refractivity contribution in [2.75, 3.05) is 37.7 Å². The van der Waals surface area contributed by atoms with Gasteiger partial charge in [-0.1, -0.05) is 12.1 Å². The van der Waals surface area contributed by atoms with Crippen molar-refractivity contribution < 1.29 is 14.3 Å². The summed E-state index contributed by atoms with van der Waals surface area (Å²) in [6.07, 6.45) is 0.756. The molecule has 7 nitrogen and oxygen atoms in total. The van der Waals surface area contributed by atoms with Crippen molar-refractivity contribution in [1.82, 2.24) is 14.9 Å². The van der Waals surface area contributed by atoms with E-state index < -0.39 is 11.3 Å². The van der Waals surface area contributed by atoms with Gasteiger partial charge >= 0.3 is 5.97 Å². The number of esters is 1. The van der Waals surface area contributed by atoms with E-state index in [9.17, 15) is 9.59 Å². The number of aromatic nitrogens is 2. The van der Waals surface area contributed by atoms with Crippen molar-refractivity contribution in [2.24, 2.45) is 0 Å². The molecule has 2 aromatic rings. The topological polar surface area (TPSA) is 75.6 Å². The minimum Gasteiger partial charge on any atom is -0.461 e. The highest BCUT2D eigenvalue weighted by Crippen LogP contribution is 2.23. The predicted molar refractivity (Wildman–Crippen MR) is 104 cm³/mol. The van der Waals surface area contributed by atoms with Crippen molar-refractivity contribution >= 4 is 40.3 Å². The van der Waals surface area contributed by atoms with Crippen molar-refractivity contribution in [1.29, 1.82) is 0 Å². The summed E-state index contributed by atoms with van der Waals surface area (Å²) in [4.78, 5) is 37.6. The lowest BCUT2D eigenvalue weighted by Crippen LogP contribution is -2.39. The zero-order valence-corrected chi connectivity index (χ0v) is 16.3. The summed E-state index contributed by atoms with van der Waals surface area (Å²) < 4.78 is 5.18. The SMILES string of the molecule is CCOC(=O)c1nc2ccccc2nc1N1CCCN(C(=O)[C@H](C)Cl)CC1. The molecule has 0 aliphatic carbocycles. The Morgan fingerprint density at radius 1 is 1.15 bits per heavy atom. The minimum atomic E-state index is -0.549. The quantitative estimate of drug-likeness (QED) is 0.589. The number of alkyl halides is 1. The van der Waals surface area contributed by atoms with E-state index in [4.69, 9.17) is 16.3 Å². The first-order valence-corrected chi connectivity index (χ1v) is 9.56. The molecule has 0 saturated carbocycles. The van der Waals surface area contributed by atoms with Crippen molar-refractivity contribution in [3.05, 3.63) is 30.0 Å². The summed E-state index contributed by atoms with van der Waals surface area (Å²) in [7, 11) is 0. The molecule has 1 fully saturated rings. The number of ether oxygens (including phenoxy) is 1. The second-order valence-corrected chi connectivity index (χ2v) is 7.04. The second-order valence-electron chi connectivity index (χ2n) is 6.39. The average Bonchev–Trinajstić information content (AvgIpc) is 2.92. The van der Waals surface area contributed by atoms with Gasteiger partial charge in [0.2, 0.25) is 5.91 Å². The summed E-state index contributed by atoms with van der Waals surface area (Å²) >= 11 is 5.95. The molecule has 0 radical (unpaired) electrons. The van der Waals surface area contributed by atoms with Crippen LogP contribution in [0.15, 0.2) is 24.3 Å². The third-order valence-electron chi connectivity index (χ3n) is 4.47. The molecule has 8 heteroatoms. The molecular formula is C19H23ClN4O3. The Balaban J connectivity index is 1.93. The van der Waals surface area contributed by atoms with E-state index in [1.54, 1.807) is 18.7 Å².